The largest absolute Gasteiger partial charge is 0.471 e. The van der Waals surface area contributed by atoms with Gasteiger partial charge in [0, 0.05) is 25.9 Å². The van der Waals surface area contributed by atoms with E-state index in [-0.39, 0.29) is 18.0 Å². The van der Waals surface area contributed by atoms with E-state index >= 15 is 0 Å². The lowest BCUT2D eigenvalue weighted by atomic mass is 10.2. The Morgan fingerprint density at radius 1 is 1.45 bits per heavy atom. The molecule has 9 heteroatoms. The van der Waals surface area contributed by atoms with Gasteiger partial charge >= 0.3 is 12.2 Å². The highest BCUT2D eigenvalue weighted by molar-refractivity contribution is 5.75. The number of halogens is 3. The molecule has 1 aliphatic heterocycles. The fourth-order valence-electron chi connectivity index (χ4n) is 1.84. The number of pyridine rings is 1. The molecule has 0 atom stereocenters. The normalized spacial score (nSPS) is 15.4. The van der Waals surface area contributed by atoms with Gasteiger partial charge in [0.25, 0.3) is 0 Å². The SMILES string of the molecule is COCCNC(=O)N1CC(Oc2ccc(C(F)(F)F)cn2)C1. The molecule has 0 radical (unpaired) electrons. The lowest BCUT2D eigenvalue weighted by molar-refractivity contribution is -0.137. The van der Waals surface area contributed by atoms with Crippen molar-refractivity contribution in [2.24, 2.45) is 0 Å². The molecule has 2 amide bonds. The van der Waals surface area contributed by atoms with Crippen LogP contribution in [-0.2, 0) is 10.9 Å². The Morgan fingerprint density at radius 2 is 2.18 bits per heavy atom. The van der Waals surface area contributed by atoms with E-state index in [2.05, 4.69) is 10.3 Å². The maximum absolute atomic E-state index is 12.4. The van der Waals surface area contributed by atoms with Crippen LogP contribution >= 0.6 is 0 Å². The average molecular weight is 319 g/mol. The summed E-state index contributed by atoms with van der Waals surface area (Å²) in [5, 5.41) is 2.66. The van der Waals surface area contributed by atoms with Crippen molar-refractivity contribution in [2.45, 2.75) is 12.3 Å². The molecule has 1 N–H and O–H groups in total. The van der Waals surface area contributed by atoms with E-state index in [0.29, 0.717) is 26.2 Å². The molecule has 22 heavy (non-hydrogen) atoms. The second-order valence-corrected chi connectivity index (χ2v) is 4.75. The number of methoxy groups -OCH3 is 1. The molecule has 0 spiro atoms. The Bertz CT molecular complexity index is 501. The number of amides is 2. The highest BCUT2D eigenvalue weighted by Gasteiger charge is 2.33. The number of nitrogens with zero attached hydrogens (tertiary/aromatic N) is 2. The van der Waals surface area contributed by atoms with Gasteiger partial charge in [-0.05, 0) is 6.07 Å². The van der Waals surface area contributed by atoms with Gasteiger partial charge in [0.1, 0.15) is 6.10 Å². The molecule has 6 nitrogen and oxygen atoms in total. The van der Waals surface area contributed by atoms with Crippen LogP contribution in [0.25, 0.3) is 0 Å². The molecule has 1 aromatic rings. The molecule has 0 aromatic carbocycles. The summed E-state index contributed by atoms with van der Waals surface area (Å²) in [6.45, 7) is 1.57. The van der Waals surface area contributed by atoms with Gasteiger partial charge in [-0.2, -0.15) is 13.2 Å². The first-order valence-corrected chi connectivity index (χ1v) is 6.62. The van der Waals surface area contributed by atoms with E-state index < -0.39 is 11.7 Å². The molecule has 1 saturated heterocycles. The number of nitrogens with one attached hydrogen (secondary N) is 1. The Hall–Kier alpha value is -2.03. The van der Waals surface area contributed by atoms with Crippen LogP contribution in [0, 0.1) is 0 Å². The van der Waals surface area contributed by atoms with Crippen molar-refractivity contribution in [3.05, 3.63) is 23.9 Å². The van der Waals surface area contributed by atoms with Gasteiger partial charge in [-0.25, -0.2) is 9.78 Å². The van der Waals surface area contributed by atoms with Crippen LogP contribution in [0.4, 0.5) is 18.0 Å². The Labute approximate surface area is 125 Å². The molecule has 1 fully saturated rings. The second-order valence-electron chi connectivity index (χ2n) is 4.75. The minimum Gasteiger partial charge on any atom is -0.471 e. The summed E-state index contributed by atoms with van der Waals surface area (Å²) < 4.78 is 47.4. The molecule has 0 unspecified atom stereocenters. The Morgan fingerprint density at radius 3 is 2.73 bits per heavy atom. The highest BCUT2D eigenvalue weighted by Crippen LogP contribution is 2.29. The average Bonchev–Trinajstić information content (AvgIpc) is 2.42. The number of carbonyl (C=O) groups excluding carboxylic acids is 1. The van der Waals surface area contributed by atoms with E-state index in [0.717, 1.165) is 12.3 Å². The number of urea groups is 1. The summed E-state index contributed by atoms with van der Waals surface area (Å²) in [5.74, 6) is 0.109. The lowest BCUT2D eigenvalue weighted by Gasteiger charge is -2.38. The smallest absolute Gasteiger partial charge is 0.417 e. The molecular weight excluding hydrogens is 303 g/mol. The number of rotatable bonds is 5. The summed E-state index contributed by atoms with van der Waals surface area (Å²) in [6, 6.07) is 1.86. The van der Waals surface area contributed by atoms with Crippen LogP contribution < -0.4 is 10.1 Å². The maximum Gasteiger partial charge on any atom is 0.417 e. The minimum atomic E-state index is -4.42. The molecule has 0 bridgehead atoms. The van der Waals surface area contributed by atoms with Gasteiger partial charge in [0.2, 0.25) is 5.88 Å². The summed E-state index contributed by atoms with van der Waals surface area (Å²) in [6.07, 6.45) is -3.96. The zero-order valence-electron chi connectivity index (χ0n) is 11.9. The molecule has 122 valence electrons. The van der Waals surface area contributed by atoms with Crippen molar-refractivity contribution < 1.29 is 27.4 Å². The lowest BCUT2D eigenvalue weighted by Crippen LogP contribution is -2.59. The van der Waals surface area contributed by atoms with E-state index in [9.17, 15) is 18.0 Å². The predicted octanol–water partition coefficient (Wildman–Crippen LogP) is 1.52. The summed E-state index contributed by atoms with van der Waals surface area (Å²) in [4.78, 5) is 16.8. The van der Waals surface area contributed by atoms with Gasteiger partial charge in [-0.1, -0.05) is 0 Å². The van der Waals surface area contributed by atoms with Crippen LogP contribution in [0.3, 0.4) is 0 Å². The molecule has 1 aromatic heterocycles. The summed E-state index contributed by atoms with van der Waals surface area (Å²) >= 11 is 0. The standard InChI is InChI=1S/C13H16F3N3O3/c1-21-5-4-17-12(20)19-7-10(8-19)22-11-3-2-9(6-18-11)13(14,15)16/h2-3,6,10H,4-5,7-8H2,1H3,(H,17,20). The Balaban J connectivity index is 1.74. The molecular formula is C13H16F3N3O3. The van der Waals surface area contributed by atoms with Gasteiger partial charge in [0.15, 0.2) is 0 Å². The van der Waals surface area contributed by atoms with Crippen LogP contribution in [0.1, 0.15) is 5.56 Å². The van der Waals surface area contributed by atoms with Gasteiger partial charge in [-0.15, -0.1) is 0 Å². The summed E-state index contributed by atoms with van der Waals surface area (Å²) in [7, 11) is 1.54. The van der Waals surface area contributed by atoms with Crippen molar-refractivity contribution in [3.63, 3.8) is 0 Å². The van der Waals surface area contributed by atoms with E-state index in [4.69, 9.17) is 9.47 Å². The zero-order chi connectivity index (χ0) is 16.2. The highest BCUT2D eigenvalue weighted by atomic mass is 19.4. The predicted molar refractivity (Wildman–Crippen MR) is 70.5 cm³/mol. The molecule has 2 heterocycles. The third-order valence-electron chi connectivity index (χ3n) is 3.07. The van der Waals surface area contributed by atoms with Crippen molar-refractivity contribution in [3.8, 4) is 5.88 Å². The van der Waals surface area contributed by atoms with Crippen LogP contribution in [0.15, 0.2) is 18.3 Å². The number of carbonyl (C=O) groups is 1. The van der Waals surface area contributed by atoms with Gasteiger partial charge < -0.3 is 19.7 Å². The van der Waals surface area contributed by atoms with E-state index in [1.54, 1.807) is 0 Å². The quantitative estimate of drug-likeness (QED) is 0.836. The van der Waals surface area contributed by atoms with Gasteiger partial charge in [0.05, 0.1) is 25.3 Å². The van der Waals surface area contributed by atoms with E-state index in [1.807, 2.05) is 0 Å². The van der Waals surface area contributed by atoms with Crippen LogP contribution in [0.5, 0.6) is 5.88 Å². The monoisotopic (exact) mass is 319 g/mol. The first-order chi connectivity index (χ1) is 10.4. The fraction of sp³-hybridized carbons (Fsp3) is 0.538. The van der Waals surface area contributed by atoms with Crippen molar-refractivity contribution in [1.29, 1.82) is 0 Å². The van der Waals surface area contributed by atoms with Crippen molar-refractivity contribution >= 4 is 6.03 Å². The topological polar surface area (TPSA) is 63.7 Å². The first kappa shape index (κ1) is 16.3. The molecule has 0 saturated carbocycles. The Kier molecular flexibility index (Phi) is 5.07. The number of hydrogen-bond donors (Lipinski definition) is 1. The number of aromatic nitrogens is 1. The molecule has 2 rings (SSSR count). The molecule has 0 aliphatic carbocycles. The first-order valence-electron chi connectivity index (χ1n) is 6.62. The second kappa shape index (κ2) is 6.82. The van der Waals surface area contributed by atoms with Crippen molar-refractivity contribution in [1.82, 2.24) is 15.2 Å². The van der Waals surface area contributed by atoms with E-state index in [1.165, 1.54) is 18.1 Å². The van der Waals surface area contributed by atoms with Crippen molar-refractivity contribution in [2.75, 3.05) is 33.4 Å². The molecule has 1 aliphatic rings. The number of alkyl halides is 3. The van der Waals surface area contributed by atoms with Gasteiger partial charge in [-0.3, -0.25) is 0 Å². The summed E-state index contributed by atoms with van der Waals surface area (Å²) in [5.41, 5.74) is -0.826. The third kappa shape index (κ3) is 4.23. The number of likely N-dealkylation sites (tertiary alicyclic amines) is 1. The third-order valence-corrected chi connectivity index (χ3v) is 3.07. The maximum atomic E-state index is 12.4. The minimum absolute atomic E-state index is 0.109. The zero-order valence-corrected chi connectivity index (χ0v) is 11.9. The number of ether oxygens (including phenoxy) is 2. The van der Waals surface area contributed by atoms with Crippen LogP contribution in [0.2, 0.25) is 0 Å². The fourth-order valence-corrected chi connectivity index (χ4v) is 1.84. The van der Waals surface area contributed by atoms with Crippen LogP contribution in [-0.4, -0.2) is 55.4 Å². The number of hydrogen-bond acceptors (Lipinski definition) is 4.